The van der Waals surface area contributed by atoms with E-state index in [2.05, 4.69) is 20.5 Å². The Labute approximate surface area is 135 Å². The standard InChI is InChI=1S/C14H14F2N4O2S/c15-9-4-3-8(6-10(9)16)17-12(21)7-23-14-18-13(19-20-14)11-2-1-5-22-11/h3-4,6,11H,1-2,5,7H2,(H,17,21)(H,18,19,20). The normalized spacial score (nSPS) is 17.4. The van der Waals surface area contributed by atoms with Crippen LogP contribution in [0.15, 0.2) is 23.4 Å². The van der Waals surface area contributed by atoms with Crippen molar-refractivity contribution in [3.63, 3.8) is 0 Å². The number of carbonyl (C=O) groups is 1. The van der Waals surface area contributed by atoms with Crippen LogP contribution in [0, 0.1) is 11.6 Å². The van der Waals surface area contributed by atoms with Crippen molar-refractivity contribution in [1.82, 2.24) is 15.2 Å². The van der Waals surface area contributed by atoms with Crippen molar-refractivity contribution in [1.29, 1.82) is 0 Å². The predicted molar refractivity (Wildman–Crippen MR) is 80.0 cm³/mol. The van der Waals surface area contributed by atoms with Gasteiger partial charge in [-0.3, -0.25) is 9.89 Å². The van der Waals surface area contributed by atoms with Crippen LogP contribution in [0.3, 0.4) is 0 Å². The molecule has 1 amide bonds. The van der Waals surface area contributed by atoms with Gasteiger partial charge in [0.25, 0.3) is 0 Å². The van der Waals surface area contributed by atoms with E-state index in [0.29, 0.717) is 17.6 Å². The number of carbonyl (C=O) groups excluding carboxylic acids is 1. The van der Waals surface area contributed by atoms with E-state index < -0.39 is 11.6 Å². The number of thioether (sulfide) groups is 1. The summed E-state index contributed by atoms with van der Waals surface area (Å²) in [5, 5.41) is 9.75. The van der Waals surface area contributed by atoms with Crippen molar-refractivity contribution in [2.45, 2.75) is 24.1 Å². The molecule has 6 nitrogen and oxygen atoms in total. The van der Waals surface area contributed by atoms with Crippen molar-refractivity contribution in [2.24, 2.45) is 0 Å². The average Bonchev–Trinajstić information content (AvgIpc) is 3.19. The highest BCUT2D eigenvalue weighted by Crippen LogP contribution is 2.27. The quantitative estimate of drug-likeness (QED) is 0.818. The topological polar surface area (TPSA) is 79.9 Å². The summed E-state index contributed by atoms with van der Waals surface area (Å²) in [6.45, 7) is 0.713. The van der Waals surface area contributed by atoms with Gasteiger partial charge in [-0.25, -0.2) is 13.8 Å². The maximum absolute atomic E-state index is 13.1. The number of benzene rings is 1. The molecule has 1 saturated heterocycles. The van der Waals surface area contributed by atoms with E-state index in [1.807, 2.05) is 0 Å². The van der Waals surface area contributed by atoms with Crippen LogP contribution in [0.5, 0.6) is 0 Å². The minimum Gasteiger partial charge on any atom is -0.370 e. The van der Waals surface area contributed by atoms with E-state index in [9.17, 15) is 13.6 Å². The van der Waals surface area contributed by atoms with Gasteiger partial charge in [-0.2, -0.15) is 0 Å². The van der Waals surface area contributed by atoms with Gasteiger partial charge in [0.15, 0.2) is 17.5 Å². The average molecular weight is 340 g/mol. The fourth-order valence-electron chi connectivity index (χ4n) is 2.16. The number of aromatic amines is 1. The van der Waals surface area contributed by atoms with Gasteiger partial charge < -0.3 is 10.1 Å². The SMILES string of the molecule is O=C(CSc1n[nH]c(C2CCCO2)n1)Nc1ccc(F)c(F)c1. The van der Waals surface area contributed by atoms with E-state index in [0.717, 1.165) is 36.7 Å². The molecule has 3 rings (SSSR count). The predicted octanol–water partition coefficient (Wildman–Crippen LogP) is 2.67. The highest BCUT2D eigenvalue weighted by atomic mass is 32.2. The number of H-pyrrole nitrogens is 1. The summed E-state index contributed by atoms with van der Waals surface area (Å²) in [7, 11) is 0. The lowest BCUT2D eigenvalue weighted by molar-refractivity contribution is -0.113. The van der Waals surface area contributed by atoms with Gasteiger partial charge in [0.1, 0.15) is 6.10 Å². The first kappa shape index (κ1) is 15.9. The van der Waals surface area contributed by atoms with E-state index in [1.165, 1.54) is 6.07 Å². The van der Waals surface area contributed by atoms with Crippen molar-refractivity contribution < 1.29 is 18.3 Å². The number of rotatable bonds is 5. The first-order chi connectivity index (χ1) is 11.1. The Morgan fingerprint density at radius 2 is 2.30 bits per heavy atom. The molecule has 0 aliphatic carbocycles. The minimum absolute atomic E-state index is 0.0574. The molecule has 9 heteroatoms. The van der Waals surface area contributed by atoms with Gasteiger partial charge in [0.2, 0.25) is 11.1 Å². The lowest BCUT2D eigenvalue weighted by Crippen LogP contribution is -2.14. The molecule has 2 aromatic rings. The minimum atomic E-state index is -1.01. The van der Waals surface area contributed by atoms with Gasteiger partial charge in [0, 0.05) is 18.4 Å². The first-order valence-electron chi connectivity index (χ1n) is 7.03. The molecule has 0 saturated carbocycles. The second-order valence-electron chi connectivity index (χ2n) is 4.97. The monoisotopic (exact) mass is 340 g/mol. The zero-order chi connectivity index (χ0) is 16.2. The molecule has 1 fully saturated rings. The molecule has 2 N–H and O–H groups in total. The van der Waals surface area contributed by atoms with Crippen LogP contribution in [0.25, 0.3) is 0 Å². The van der Waals surface area contributed by atoms with Crippen molar-refractivity contribution in [3.8, 4) is 0 Å². The van der Waals surface area contributed by atoms with E-state index in [4.69, 9.17) is 4.74 Å². The molecule has 1 aromatic heterocycles. The van der Waals surface area contributed by atoms with E-state index in [-0.39, 0.29) is 23.5 Å². The van der Waals surface area contributed by atoms with Gasteiger partial charge >= 0.3 is 0 Å². The van der Waals surface area contributed by atoms with Gasteiger partial charge in [0.05, 0.1) is 5.75 Å². The Hall–Kier alpha value is -2.00. The summed E-state index contributed by atoms with van der Waals surface area (Å²) in [5.74, 6) is -1.61. The van der Waals surface area contributed by atoms with Gasteiger partial charge in [-0.15, -0.1) is 5.10 Å². The Morgan fingerprint density at radius 1 is 1.43 bits per heavy atom. The number of nitrogens with one attached hydrogen (secondary N) is 2. The molecule has 122 valence electrons. The first-order valence-corrected chi connectivity index (χ1v) is 8.02. The fraction of sp³-hybridized carbons (Fsp3) is 0.357. The lowest BCUT2D eigenvalue weighted by atomic mass is 10.2. The molecule has 0 bridgehead atoms. The van der Waals surface area contributed by atoms with E-state index in [1.54, 1.807) is 0 Å². The summed E-state index contributed by atoms with van der Waals surface area (Å²) < 4.78 is 31.4. The zero-order valence-electron chi connectivity index (χ0n) is 12.0. The third kappa shape index (κ3) is 4.05. The van der Waals surface area contributed by atoms with Crippen LogP contribution >= 0.6 is 11.8 Å². The fourth-order valence-corrected chi connectivity index (χ4v) is 2.77. The Kier molecular flexibility index (Phi) is 4.87. The molecule has 1 unspecified atom stereocenters. The summed E-state index contributed by atoms with van der Waals surface area (Å²) in [6, 6.07) is 3.19. The Morgan fingerprint density at radius 3 is 3.04 bits per heavy atom. The van der Waals surface area contributed by atoms with Crippen LogP contribution in [-0.4, -0.2) is 33.4 Å². The van der Waals surface area contributed by atoms with Crippen LogP contribution in [0.1, 0.15) is 24.8 Å². The molecule has 1 aliphatic rings. The Bertz CT molecular complexity index is 704. The summed E-state index contributed by atoms with van der Waals surface area (Å²) in [6.07, 6.45) is 1.83. The highest BCUT2D eigenvalue weighted by Gasteiger charge is 2.21. The number of nitrogens with zero attached hydrogens (tertiary/aromatic N) is 2. The molecule has 2 heterocycles. The van der Waals surface area contributed by atoms with E-state index >= 15 is 0 Å². The largest absolute Gasteiger partial charge is 0.370 e. The zero-order valence-corrected chi connectivity index (χ0v) is 12.8. The van der Waals surface area contributed by atoms with Gasteiger partial charge in [-0.1, -0.05) is 11.8 Å². The van der Waals surface area contributed by atoms with Crippen molar-refractivity contribution >= 4 is 23.4 Å². The lowest BCUT2D eigenvalue weighted by Gasteiger charge is -2.04. The van der Waals surface area contributed by atoms with Crippen LogP contribution in [-0.2, 0) is 9.53 Å². The second-order valence-corrected chi connectivity index (χ2v) is 5.91. The third-order valence-electron chi connectivity index (χ3n) is 3.25. The number of anilines is 1. The molecule has 1 aromatic carbocycles. The number of hydrogen-bond acceptors (Lipinski definition) is 5. The summed E-state index contributed by atoms with van der Waals surface area (Å²) >= 11 is 1.15. The number of hydrogen-bond donors (Lipinski definition) is 2. The summed E-state index contributed by atoms with van der Waals surface area (Å²) in [5.41, 5.74) is 0.199. The third-order valence-corrected chi connectivity index (χ3v) is 4.10. The second kappa shape index (κ2) is 7.05. The number of amides is 1. The van der Waals surface area contributed by atoms with Gasteiger partial charge in [-0.05, 0) is 25.0 Å². The molecule has 0 radical (unpaired) electrons. The smallest absolute Gasteiger partial charge is 0.234 e. The number of ether oxygens (including phenoxy) is 1. The molecular weight excluding hydrogens is 326 g/mol. The van der Waals surface area contributed by atoms with Crippen LogP contribution in [0.4, 0.5) is 14.5 Å². The van der Waals surface area contributed by atoms with Crippen molar-refractivity contribution in [3.05, 3.63) is 35.7 Å². The Balaban J connectivity index is 1.51. The van der Waals surface area contributed by atoms with Crippen LogP contribution in [0.2, 0.25) is 0 Å². The molecule has 1 atom stereocenters. The number of aromatic nitrogens is 3. The molecular formula is C14H14F2N4O2S. The molecule has 23 heavy (non-hydrogen) atoms. The number of halogens is 2. The highest BCUT2D eigenvalue weighted by molar-refractivity contribution is 7.99. The summed E-state index contributed by atoms with van der Waals surface area (Å²) in [4.78, 5) is 16.1. The van der Waals surface area contributed by atoms with Crippen molar-refractivity contribution in [2.75, 3.05) is 17.7 Å². The molecule has 1 aliphatic heterocycles. The maximum Gasteiger partial charge on any atom is 0.234 e. The van der Waals surface area contributed by atoms with Crippen LogP contribution < -0.4 is 5.32 Å². The molecule has 0 spiro atoms. The maximum atomic E-state index is 13.1.